The van der Waals surface area contributed by atoms with Crippen molar-refractivity contribution in [3.8, 4) is 0 Å². The van der Waals surface area contributed by atoms with Gasteiger partial charge in [0, 0.05) is 35.7 Å². The van der Waals surface area contributed by atoms with Crippen molar-refractivity contribution in [3.05, 3.63) is 35.0 Å². The lowest BCUT2D eigenvalue weighted by Gasteiger charge is -2.30. The molecule has 2 aromatic rings. The highest BCUT2D eigenvalue weighted by Crippen LogP contribution is 2.38. The molecule has 0 radical (unpaired) electrons. The number of aromatic amines is 1. The monoisotopic (exact) mass is 350 g/mol. The minimum Gasteiger partial charge on any atom is -0.356 e. The van der Waals surface area contributed by atoms with E-state index in [1.165, 1.54) is 16.5 Å². The van der Waals surface area contributed by atoms with Gasteiger partial charge in [0.15, 0.2) is 0 Å². The first-order chi connectivity index (χ1) is 12.3. The highest BCUT2D eigenvalue weighted by atomic mass is 16.2. The zero-order valence-corrected chi connectivity index (χ0v) is 15.8. The Bertz CT molecular complexity index is 900. The Balaban J connectivity index is 1.63. The SMILES string of the molecule is Cc1ccc2[nH]c3c(c2c1)CCC[C@@H]3N=CC1C(=O)CC(C)(C)CC1=O. The largest absolute Gasteiger partial charge is 0.356 e. The highest BCUT2D eigenvalue weighted by Gasteiger charge is 2.38. The minimum atomic E-state index is -0.653. The highest BCUT2D eigenvalue weighted by molar-refractivity contribution is 6.16. The standard InChI is InChI=1S/C22H26N2O2/c1-13-7-8-17-15(9-13)14-5-4-6-18(21(14)24-17)23-12-16-19(25)10-22(2,3)11-20(16)26/h7-9,12,16,18,24H,4-6,10-11H2,1-3H3/t18-/m0/s1. The van der Waals surface area contributed by atoms with Crippen LogP contribution in [0.2, 0.25) is 0 Å². The van der Waals surface area contributed by atoms with E-state index in [-0.39, 0.29) is 23.0 Å². The van der Waals surface area contributed by atoms with E-state index in [2.05, 4.69) is 30.1 Å². The van der Waals surface area contributed by atoms with Gasteiger partial charge in [-0.25, -0.2) is 0 Å². The van der Waals surface area contributed by atoms with Crippen LogP contribution in [0.25, 0.3) is 10.9 Å². The molecular weight excluding hydrogens is 324 g/mol. The fourth-order valence-electron chi connectivity index (χ4n) is 4.46. The van der Waals surface area contributed by atoms with Gasteiger partial charge in [-0.1, -0.05) is 25.5 Å². The second kappa shape index (κ2) is 6.19. The molecule has 1 aromatic heterocycles. The Hall–Kier alpha value is -2.23. The normalized spacial score (nSPS) is 23.7. The molecule has 1 fully saturated rings. The van der Waals surface area contributed by atoms with Crippen molar-refractivity contribution in [2.45, 2.75) is 58.9 Å². The molecular formula is C22H26N2O2. The van der Waals surface area contributed by atoms with Crippen LogP contribution in [0, 0.1) is 18.3 Å². The molecule has 0 bridgehead atoms. The second-order valence-electron chi connectivity index (χ2n) is 8.70. The minimum absolute atomic E-state index is 0.0123. The van der Waals surface area contributed by atoms with Crippen LogP contribution in [0.3, 0.4) is 0 Å². The van der Waals surface area contributed by atoms with E-state index in [0.29, 0.717) is 12.8 Å². The van der Waals surface area contributed by atoms with Crippen molar-refractivity contribution in [2.75, 3.05) is 0 Å². The summed E-state index contributed by atoms with van der Waals surface area (Å²) in [6.07, 6.45) is 5.64. The number of aliphatic imine (C=N–C) groups is 1. The molecule has 136 valence electrons. The fourth-order valence-corrected chi connectivity index (χ4v) is 4.46. The summed E-state index contributed by atoms with van der Waals surface area (Å²) in [5, 5.41) is 1.28. The molecule has 2 aliphatic carbocycles. The van der Waals surface area contributed by atoms with E-state index < -0.39 is 5.92 Å². The lowest BCUT2D eigenvalue weighted by molar-refractivity contribution is -0.136. The van der Waals surface area contributed by atoms with E-state index in [1.54, 1.807) is 6.21 Å². The van der Waals surface area contributed by atoms with Crippen molar-refractivity contribution in [1.29, 1.82) is 0 Å². The molecule has 1 N–H and O–H groups in total. The lowest BCUT2D eigenvalue weighted by atomic mass is 9.72. The van der Waals surface area contributed by atoms with Crippen molar-refractivity contribution in [3.63, 3.8) is 0 Å². The zero-order valence-electron chi connectivity index (χ0n) is 15.8. The van der Waals surface area contributed by atoms with E-state index in [1.807, 2.05) is 13.8 Å². The molecule has 0 aliphatic heterocycles. The van der Waals surface area contributed by atoms with E-state index in [9.17, 15) is 9.59 Å². The molecule has 4 heteroatoms. The van der Waals surface area contributed by atoms with Gasteiger partial charge in [0.25, 0.3) is 0 Å². The Morgan fingerprint density at radius 1 is 1.19 bits per heavy atom. The summed E-state index contributed by atoms with van der Waals surface area (Å²) in [5.41, 5.74) is 4.69. The number of benzene rings is 1. The molecule has 1 saturated carbocycles. The Labute approximate surface area is 154 Å². The number of nitrogens with zero attached hydrogens (tertiary/aromatic N) is 1. The average molecular weight is 350 g/mol. The molecule has 0 saturated heterocycles. The summed E-state index contributed by atoms with van der Waals surface area (Å²) in [6, 6.07) is 6.48. The van der Waals surface area contributed by atoms with Gasteiger partial charge < -0.3 is 4.98 Å². The molecule has 0 unspecified atom stereocenters. The first-order valence-corrected chi connectivity index (χ1v) is 9.54. The number of nitrogens with one attached hydrogen (secondary N) is 1. The van der Waals surface area contributed by atoms with Crippen LogP contribution in [0.1, 0.15) is 62.4 Å². The van der Waals surface area contributed by atoms with Gasteiger partial charge in [0.2, 0.25) is 0 Å². The van der Waals surface area contributed by atoms with E-state index >= 15 is 0 Å². The maximum absolute atomic E-state index is 12.4. The maximum Gasteiger partial charge on any atom is 0.149 e. The van der Waals surface area contributed by atoms with Gasteiger partial charge in [-0.05, 0) is 49.3 Å². The summed E-state index contributed by atoms with van der Waals surface area (Å²) in [5.74, 6) is -0.628. The van der Waals surface area contributed by atoms with Gasteiger partial charge >= 0.3 is 0 Å². The first kappa shape index (κ1) is 17.2. The van der Waals surface area contributed by atoms with Crippen LogP contribution in [-0.4, -0.2) is 22.8 Å². The van der Waals surface area contributed by atoms with Crippen molar-refractivity contribution in [2.24, 2.45) is 16.3 Å². The topological polar surface area (TPSA) is 62.3 Å². The van der Waals surface area contributed by atoms with Crippen LogP contribution in [-0.2, 0) is 16.0 Å². The number of fused-ring (bicyclic) bond motifs is 3. The zero-order chi connectivity index (χ0) is 18.5. The number of Topliss-reactive ketones (excluding diaryl/α,β-unsaturated/α-hetero) is 2. The molecule has 1 heterocycles. The number of aryl methyl sites for hydroxylation is 2. The molecule has 1 aromatic carbocycles. The van der Waals surface area contributed by atoms with Crippen LogP contribution < -0.4 is 0 Å². The van der Waals surface area contributed by atoms with E-state index in [0.717, 1.165) is 30.5 Å². The molecule has 1 atom stereocenters. The second-order valence-corrected chi connectivity index (χ2v) is 8.70. The number of aromatic nitrogens is 1. The molecule has 4 rings (SSSR count). The fraction of sp³-hybridized carbons (Fsp3) is 0.500. The summed E-state index contributed by atoms with van der Waals surface area (Å²) in [6.45, 7) is 6.07. The molecule has 4 nitrogen and oxygen atoms in total. The summed E-state index contributed by atoms with van der Waals surface area (Å²) >= 11 is 0. The predicted molar refractivity (Wildman–Crippen MR) is 104 cm³/mol. The quantitative estimate of drug-likeness (QED) is 0.640. The smallest absolute Gasteiger partial charge is 0.149 e. The van der Waals surface area contributed by atoms with Crippen LogP contribution in [0.4, 0.5) is 0 Å². The van der Waals surface area contributed by atoms with Crippen molar-refractivity contribution >= 4 is 28.7 Å². The van der Waals surface area contributed by atoms with Gasteiger partial charge in [-0.3, -0.25) is 14.6 Å². The summed E-state index contributed by atoms with van der Waals surface area (Å²) in [7, 11) is 0. The summed E-state index contributed by atoms with van der Waals surface area (Å²) < 4.78 is 0. The van der Waals surface area contributed by atoms with Crippen LogP contribution >= 0.6 is 0 Å². The van der Waals surface area contributed by atoms with Gasteiger partial charge in [-0.2, -0.15) is 0 Å². The van der Waals surface area contributed by atoms with Crippen molar-refractivity contribution in [1.82, 2.24) is 4.98 Å². The third-order valence-corrected chi connectivity index (χ3v) is 5.75. The third-order valence-electron chi connectivity index (χ3n) is 5.75. The van der Waals surface area contributed by atoms with Crippen LogP contribution in [0.15, 0.2) is 23.2 Å². The Kier molecular flexibility index (Phi) is 4.09. The van der Waals surface area contributed by atoms with Gasteiger partial charge in [0.1, 0.15) is 17.5 Å². The number of hydrogen-bond acceptors (Lipinski definition) is 3. The first-order valence-electron chi connectivity index (χ1n) is 9.54. The number of hydrogen-bond donors (Lipinski definition) is 1. The lowest BCUT2D eigenvalue weighted by Crippen LogP contribution is -2.38. The predicted octanol–water partition coefficient (Wildman–Crippen LogP) is 4.50. The van der Waals surface area contributed by atoms with Crippen molar-refractivity contribution < 1.29 is 9.59 Å². The Morgan fingerprint density at radius 2 is 1.92 bits per heavy atom. The van der Waals surface area contributed by atoms with Gasteiger partial charge in [0.05, 0.1) is 6.04 Å². The number of rotatable bonds is 2. The van der Waals surface area contributed by atoms with Gasteiger partial charge in [-0.15, -0.1) is 0 Å². The number of ketones is 2. The van der Waals surface area contributed by atoms with Crippen LogP contribution in [0.5, 0.6) is 0 Å². The van der Waals surface area contributed by atoms with E-state index in [4.69, 9.17) is 4.99 Å². The molecule has 2 aliphatic rings. The molecule has 0 amide bonds. The summed E-state index contributed by atoms with van der Waals surface area (Å²) in [4.78, 5) is 33.0. The Morgan fingerprint density at radius 3 is 2.65 bits per heavy atom. The number of carbonyl (C=O) groups is 2. The average Bonchev–Trinajstić information content (AvgIpc) is 2.92. The molecule has 26 heavy (non-hydrogen) atoms. The number of carbonyl (C=O) groups excluding carboxylic acids is 2. The number of H-pyrrole nitrogens is 1. The molecule has 0 spiro atoms. The maximum atomic E-state index is 12.4. The third kappa shape index (κ3) is 3.02.